The minimum atomic E-state index is 0.284. The van der Waals surface area contributed by atoms with E-state index in [-0.39, 0.29) is 6.42 Å². The molecule has 0 fully saturated rings. The largest absolute Gasteiger partial charge is 0.325 e. The van der Waals surface area contributed by atoms with E-state index in [1.807, 2.05) is 41.8 Å². The van der Waals surface area contributed by atoms with Crippen LogP contribution < -0.4 is 0 Å². The number of aromatic nitrogens is 2. The van der Waals surface area contributed by atoms with E-state index >= 15 is 0 Å². The Hall–Kier alpha value is -1.79. The van der Waals surface area contributed by atoms with Crippen LogP contribution in [0.5, 0.6) is 0 Å². The Labute approximate surface area is 105 Å². The zero-order chi connectivity index (χ0) is 12.3. The molecule has 0 saturated heterocycles. The van der Waals surface area contributed by atoms with Crippen molar-refractivity contribution in [3.05, 3.63) is 52.6 Å². The van der Waals surface area contributed by atoms with E-state index in [0.29, 0.717) is 11.7 Å². The van der Waals surface area contributed by atoms with Crippen molar-refractivity contribution in [1.29, 1.82) is 5.26 Å². The minimum absolute atomic E-state index is 0.284. The highest BCUT2D eigenvalue weighted by Crippen LogP contribution is 2.19. The average molecular weight is 246 g/mol. The number of benzene rings is 1. The van der Waals surface area contributed by atoms with E-state index in [1.165, 1.54) is 5.56 Å². The van der Waals surface area contributed by atoms with Crippen LogP contribution in [0.3, 0.4) is 0 Å². The minimum Gasteiger partial charge on any atom is -0.325 e. The fourth-order valence-corrected chi connectivity index (χ4v) is 2.08. The number of aryl methyl sites for hydroxylation is 1. The summed E-state index contributed by atoms with van der Waals surface area (Å²) in [5, 5.41) is 9.22. The normalized spacial score (nSPS) is 10.2. The quantitative estimate of drug-likeness (QED) is 0.834. The smallest absolute Gasteiger partial charge is 0.151 e. The van der Waals surface area contributed by atoms with Gasteiger partial charge in [-0.3, -0.25) is 0 Å². The molecule has 0 aliphatic heterocycles. The molecule has 3 nitrogen and oxygen atoms in total. The molecule has 4 heteroatoms. The zero-order valence-corrected chi connectivity index (χ0v) is 10.3. The second-order valence-corrected chi connectivity index (χ2v) is 4.16. The molecule has 1 aromatic carbocycles. The first kappa shape index (κ1) is 11.7. The van der Waals surface area contributed by atoms with Gasteiger partial charge in [0.15, 0.2) is 5.15 Å². The van der Waals surface area contributed by atoms with Gasteiger partial charge in [0, 0.05) is 6.54 Å². The first-order valence-electron chi connectivity index (χ1n) is 5.34. The Morgan fingerprint density at radius 1 is 1.35 bits per heavy atom. The fourth-order valence-electron chi connectivity index (χ4n) is 1.79. The Kier molecular flexibility index (Phi) is 3.46. The van der Waals surface area contributed by atoms with Crippen LogP contribution in [0, 0.1) is 18.3 Å². The molecule has 0 atom stereocenters. The molecule has 0 N–H and O–H groups in total. The van der Waals surface area contributed by atoms with E-state index in [1.54, 1.807) is 0 Å². The lowest BCUT2D eigenvalue weighted by molar-refractivity contribution is 0.729. The van der Waals surface area contributed by atoms with Crippen LogP contribution in [0.1, 0.15) is 17.1 Å². The number of rotatable bonds is 3. The summed E-state index contributed by atoms with van der Waals surface area (Å²) in [5.41, 5.74) is 1.96. The molecule has 0 saturated carbocycles. The van der Waals surface area contributed by atoms with Crippen LogP contribution in [0.2, 0.25) is 5.15 Å². The van der Waals surface area contributed by atoms with Gasteiger partial charge in [-0.1, -0.05) is 41.9 Å². The molecule has 0 aliphatic carbocycles. The van der Waals surface area contributed by atoms with Gasteiger partial charge in [0.25, 0.3) is 0 Å². The standard InChI is InChI=1S/C13H12ClN3/c1-10-16-13(14)12(7-8-15)17(10)9-11-5-3-2-4-6-11/h2-6H,7,9H2,1H3. The van der Waals surface area contributed by atoms with Crippen molar-refractivity contribution in [3.63, 3.8) is 0 Å². The molecule has 0 bridgehead atoms. The van der Waals surface area contributed by atoms with Crippen LogP contribution in [0.15, 0.2) is 30.3 Å². The maximum Gasteiger partial charge on any atom is 0.151 e. The molecule has 1 aromatic heterocycles. The number of imidazole rings is 1. The van der Waals surface area contributed by atoms with Crippen LogP contribution in [-0.2, 0) is 13.0 Å². The third kappa shape index (κ3) is 2.48. The summed E-state index contributed by atoms with van der Waals surface area (Å²) in [6, 6.07) is 12.2. The number of nitrogens with zero attached hydrogens (tertiary/aromatic N) is 3. The summed E-state index contributed by atoms with van der Waals surface area (Å²) in [4.78, 5) is 4.20. The molecule has 0 amide bonds. The molecule has 2 rings (SSSR count). The molecular weight excluding hydrogens is 234 g/mol. The number of halogens is 1. The van der Waals surface area contributed by atoms with Gasteiger partial charge in [-0.05, 0) is 12.5 Å². The van der Waals surface area contributed by atoms with Crippen molar-refractivity contribution in [1.82, 2.24) is 9.55 Å². The van der Waals surface area contributed by atoms with E-state index in [2.05, 4.69) is 11.1 Å². The summed E-state index contributed by atoms with van der Waals surface area (Å²) < 4.78 is 1.99. The predicted molar refractivity (Wildman–Crippen MR) is 66.8 cm³/mol. The number of nitriles is 1. The highest BCUT2D eigenvalue weighted by molar-refractivity contribution is 6.30. The summed E-state index contributed by atoms with van der Waals surface area (Å²) in [6.07, 6.45) is 0.284. The lowest BCUT2D eigenvalue weighted by Gasteiger charge is -2.08. The average Bonchev–Trinajstić information content (AvgIpc) is 2.58. The molecule has 2 aromatic rings. The van der Waals surface area contributed by atoms with Gasteiger partial charge in [-0.25, -0.2) is 4.98 Å². The van der Waals surface area contributed by atoms with Crippen LogP contribution in [0.25, 0.3) is 0 Å². The highest BCUT2D eigenvalue weighted by Gasteiger charge is 2.12. The van der Waals surface area contributed by atoms with E-state index in [0.717, 1.165) is 11.5 Å². The van der Waals surface area contributed by atoms with Crippen molar-refractivity contribution < 1.29 is 0 Å². The van der Waals surface area contributed by atoms with Gasteiger partial charge in [0.1, 0.15) is 5.82 Å². The molecule has 0 spiro atoms. The molecule has 17 heavy (non-hydrogen) atoms. The fraction of sp³-hybridized carbons (Fsp3) is 0.231. The van der Waals surface area contributed by atoms with E-state index in [4.69, 9.17) is 16.9 Å². The number of hydrogen-bond donors (Lipinski definition) is 0. The Balaban J connectivity index is 2.36. The van der Waals surface area contributed by atoms with Gasteiger partial charge in [-0.15, -0.1) is 0 Å². The van der Waals surface area contributed by atoms with Gasteiger partial charge in [0.05, 0.1) is 18.2 Å². The Morgan fingerprint density at radius 3 is 2.71 bits per heavy atom. The zero-order valence-electron chi connectivity index (χ0n) is 9.52. The monoisotopic (exact) mass is 245 g/mol. The Morgan fingerprint density at radius 2 is 2.06 bits per heavy atom. The maximum atomic E-state index is 8.79. The highest BCUT2D eigenvalue weighted by atomic mass is 35.5. The summed E-state index contributed by atoms with van der Waals surface area (Å²) in [5.74, 6) is 0.837. The van der Waals surface area contributed by atoms with Crippen molar-refractivity contribution in [3.8, 4) is 6.07 Å². The molecule has 86 valence electrons. The van der Waals surface area contributed by atoms with Crippen molar-refractivity contribution in [2.45, 2.75) is 19.9 Å². The van der Waals surface area contributed by atoms with Crippen molar-refractivity contribution in [2.75, 3.05) is 0 Å². The molecule has 0 radical (unpaired) electrons. The van der Waals surface area contributed by atoms with Gasteiger partial charge in [-0.2, -0.15) is 5.26 Å². The van der Waals surface area contributed by atoms with Crippen molar-refractivity contribution in [2.24, 2.45) is 0 Å². The first-order valence-corrected chi connectivity index (χ1v) is 5.72. The van der Waals surface area contributed by atoms with Crippen LogP contribution in [0.4, 0.5) is 0 Å². The second kappa shape index (κ2) is 5.03. The lowest BCUT2D eigenvalue weighted by atomic mass is 10.2. The summed E-state index contributed by atoms with van der Waals surface area (Å²) in [7, 11) is 0. The molecular formula is C13H12ClN3. The molecule has 0 unspecified atom stereocenters. The summed E-state index contributed by atoms with van der Waals surface area (Å²) >= 11 is 6.01. The lowest BCUT2D eigenvalue weighted by Crippen LogP contribution is -2.06. The topological polar surface area (TPSA) is 41.6 Å². The number of hydrogen-bond acceptors (Lipinski definition) is 2. The third-order valence-electron chi connectivity index (χ3n) is 2.64. The van der Waals surface area contributed by atoms with Gasteiger partial charge in [0.2, 0.25) is 0 Å². The van der Waals surface area contributed by atoms with Crippen molar-refractivity contribution >= 4 is 11.6 Å². The van der Waals surface area contributed by atoms with E-state index < -0.39 is 0 Å². The van der Waals surface area contributed by atoms with E-state index in [9.17, 15) is 0 Å². The molecule has 1 heterocycles. The Bertz CT molecular complexity index is 552. The van der Waals surface area contributed by atoms with Crippen LogP contribution in [-0.4, -0.2) is 9.55 Å². The van der Waals surface area contributed by atoms with Crippen LogP contribution >= 0.6 is 11.6 Å². The second-order valence-electron chi connectivity index (χ2n) is 3.80. The van der Waals surface area contributed by atoms with Gasteiger partial charge >= 0.3 is 0 Å². The summed E-state index contributed by atoms with van der Waals surface area (Å²) in [6.45, 7) is 2.60. The SMILES string of the molecule is Cc1nc(Cl)c(CC#N)n1Cc1ccccc1. The first-order chi connectivity index (χ1) is 8.22. The third-order valence-corrected chi connectivity index (χ3v) is 2.95. The predicted octanol–water partition coefficient (Wildman–Crippen LogP) is 2.96. The van der Waals surface area contributed by atoms with Gasteiger partial charge < -0.3 is 4.57 Å². The molecule has 0 aliphatic rings. The maximum absolute atomic E-state index is 8.79.